The van der Waals surface area contributed by atoms with Gasteiger partial charge in [0.1, 0.15) is 5.82 Å². The van der Waals surface area contributed by atoms with Crippen molar-refractivity contribution in [3.05, 3.63) is 47.7 Å². The second-order valence-corrected chi connectivity index (χ2v) is 6.25. The second kappa shape index (κ2) is 6.77. The molecule has 2 heterocycles. The lowest BCUT2D eigenvalue weighted by Crippen LogP contribution is -2.33. The summed E-state index contributed by atoms with van der Waals surface area (Å²) in [4.78, 5) is 11.4. The standard InChI is InChI=1S/C18H24N4/c1-14-3-5-16(6-4-14)13-20-18-19-10-7-17(21-18)22-11-8-15(2)9-12-22/h3-7,10,15H,8-9,11-13H2,1-2H3,(H,19,20,21). The third-order valence-electron chi connectivity index (χ3n) is 4.32. The van der Waals surface area contributed by atoms with Crippen LogP contribution in [-0.2, 0) is 6.54 Å². The number of rotatable bonds is 4. The zero-order valence-corrected chi connectivity index (χ0v) is 13.4. The van der Waals surface area contributed by atoms with Gasteiger partial charge in [-0.25, -0.2) is 4.98 Å². The number of hydrogen-bond acceptors (Lipinski definition) is 4. The van der Waals surface area contributed by atoms with Gasteiger partial charge < -0.3 is 10.2 Å². The molecule has 22 heavy (non-hydrogen) atoms. The van der Waals surface area contributed by atoms with Crippen molar-refractivity contribution in [1.82, 2.24) is 9.97 Å². The molecule has 0 bridgehead atoms. The molecule has 1 aliphatic rings. The molecule has 0 unspecified atom stereocenters. The monoisotopic (exact) mass is 296 g/mol. The average Bonchev–Trinajstić information content (AvgIpc) is 2.55. The van der Waals surface area contributed by atoms with Gasteiger partial charge in [0, 0.05) is 25.8 Å². The van der Waals surface area contributed by atoms with E-state index in [4.69, 9.17) is 0 Å². The highest BCUT2D eigenvalue weighted by molar-refractivity contribution is 5.43. The Morgan fingerprint density at radius 2 is 1.86 bits per heavy atom. The normalized spacial score (nSPS) is 15.8. The molecule has 1 fully saturated rings. The third-order valence-corrected chi connectivity index (χ3v) is 4.32. The van der Waals surface area contributed by atoms with E-state index in [1.54, 1.807) is 0 Å². The third kappa shape index (κ3) is 3.75. The molecule has 4 heteroatoms. The minimum Gasteiger partial charge on any atom is -0.356 e. The molecule has 1 aromatic carbocycles. The zero-order chi connectivity index (χ0) is 15.4. The van der Waals surface area contributed by atoms with Crippen molar-refractivity contribution >= 4 is 11.8 Å². The van der Waals surface area contributed by atoms with Crippen LogP contribution < -0.4 is 10.2 Å². The van der Waals surface area contributed by atoms with Crippen molar-refractivity contribution in [2.24, 2.45) is 5.92 Å². The molecule has 0 spiro atoms. The van der Waals surface area contributed by atoms with Gasteiger partial charge >= 0.3 is 0 Å². The molecule has 0 amide bonds. The molecule has 4 nitrogen and oxygen atoms in total. The van der Waals surface area contributed by atoms with E-state index in [0.717, 1.165) is 31.4 Å². The van der Waals surface area contributed by atoms with Crippen molar-refractivity contribution < 1.29 is 0 Å². The van der Waals surface area contributed by atoms with E-state index >= 15 is 0 Å². The highest BCUT2D eigenvalue weighted by Gasteiger charge is 2.17. The number of aryl methyl sites for hydroxylation is 1. The lowest BCUT2D eigenvalue weighted by molar-refractivity contribution is 0.436. The fraction of sp³-hybridized carbons (Fsp3) is 0.444. The van der Waals surface area contributed by atoms with Gasteiger partial charge in [-0.15, -0.1) is 0 Å². The molecular weight excluding hydrogens is 272 g/mol. The van der Waals surface area contributed by atoms with Crippen molar-refractivity contribution in [2.75, 3.05) is 23.3 Å². The Kier molecular flexibility index (Phi) is 4.56. The van der Waals surface area contributed by atoms with Crippen LogP contribution in [0.25, 0.3) is 0 Å². The molecule has 0 aliphatic carbocycles. The molecule has 2 aromatic rings. The maximum absolute atomic E-state index is 4.66. The number of anilines is 2. The molecule has 1 aromatic heterocycles. The van der Waals surface area contributed by atoms with E-state index < -0.39 is 0 Å². The summed E-state index contributed by atoms with van der Waals surface area (Å²) >= 11 is 0. The van der Waals surface area contributed by atoms with Crippen LogP contribution in [0.5, 0.6) is 0 Å². The maximum Gasteiger partial charge on any atom is 0.224 e. The summed E-state index contributed by atoms with van der Waals surface area (Å²) in [6.07, 6.45) is 4.34. The maximum atomic E-state index is 4.66. The summed E-state index contributed by atoms with van der Waals surface area (Å²) in [7, 11) is 0. The van der Waals surface area contributed by atoms with E-state index in [9.17, 15) is 0 Å². The Bertz CT molecular complexity index is 601. The topological polar surface area (TPSA) is 41.1 Å². The Morgan fingerprint density at radius 1 is 1.14 bits per heavy atom. The summed E-state index contributed by atoms with van der Waals surface area (Å²) in [5.74, 6) is 2.57. The molecule has 116 valence electrons. The van der Waals surface area contributed by atoms with Crippen LogP contribution in [0.2, 0.25) is 0 Å². The van der Waals surface area contributed by atoms with E-state index in [2.05, 4.69) is 58.3 Å². The quantitative estimate of drug-likeness (QED) is 0.935. The summed E-state index contributed by atoms with van der Waals surface area (Å²) < 4.78 is 0. The first-order chi connectivity index (χ1) is 10.7. The summed E-state index contributed by atoms with van der Waals surface area (Å²) in [5, 5.41) is 3.32. The SMILES string of the molecule is Cc1ccc(CNc2nccc(N3CCC(C)CC3)n2)cc1. The van der Waals surface area contributed by atoms with Gasteiger partial charge in [-0.1, -0.05) is 36.8 Å². The highest BCUT2D eigenvalue weighted by Crippen LogP contribution is 2.21. The number of aromatic nitrogens is 2. The smallest absolute Gasteiger partial charge is 0.224 e. The molecule has 0 atom stereocenters. The number of piperidine rings is 1. The number of nitrogens with zero attached hydrogens (tertiary/aromatic N) is 3. The van der Waals surface area contributed by atoms with Crippen LogP contribution in [0.4, 0.5) is 11.8 Å². The lowest BCUT2D eigenvalue weighted by atomic mass is 9.99. The number of benzene rings is 1. The Morgan fingerprint density at radius 3 is 2.59 bits per heavy atom. The first kappa shape index (κ1) is 14.8. The molecule has 1 aliphatic heterocycles. The first-order valence-corrected chi connectivity index (χ1v) is 8.08. The lowest BCUT2D eigenvalue weighted by Gasteiger charge is -2.31. The van der Waals surface area contributed by atoms with Crippen molar-refractivity contribution in [1.29, 1.82) is 0 Å². The van der Waals surface area contributed by atoms with Gasteiger partial charge in [0.25, 0.3) is 0 Å². The molecule has 3 rings (SSSR count). The Hall–Kier alpha value is -2.10. The molecule has 0 radical (unpaired) electrons. The van der Waals surface area contributed by atoms with Crippen LogP contribution in [-0.4, -0.2) is 23.1 Å². The second-order valence-electron chi connectivity index (χ2n) is 6.25. The minimum absolute atomic E-state index is 0.705. The van der Waals surface area contributed by atoms with Crippen LogP contribution in [0, 0.1) is 12.8 Å². The van der Waals surface area contributed by atoms with Crippen LogP contribution in [0.15, 0.2) is 36.5 Å². The van der Waals surface area contributed by atoms with E-state index in [1.165, 1.54) is 24.0 Å². The van der Waals surface area contributed by atoms with Crippen LogP contribution in [0.1, 0.15) is 30.9 Å². The zero-order valence-electron chi connectivity index (χ0n) is 13.4. The van der Waals surface area contributed by atoms with Gasteiger partial charge in [0.05, 0.1) is 0 Å². The molecule has 1 saturated heterocycles. The number of hydrogen-bond donors (Lipinski definition) is 1. The predicted octanol–water partition coefficient (Wildman–Crippen LogP) is 3.63. The van der Waals surface area contributed by atoms with Gasteiger partial charge in [-0.05, 0) is 37.3 Å². The summed E-state index contributed by atoms with van der Waals surface area (Å²) in [6, 6.07) is 10.5. The average molecular weight is 296 g/mol. The Balaban J connectivity index is 1.62. The predicted molar refractivity (Wildman–Crippen MR) is 91.1 cm³/mol. The first-order valence-electron chi connectivity index (χ1n) is 8.08. The summed E-state index contributed by atoms with van der Waals surface area (Å²) in [6.45, 7) is 7.36. The van der Waals surface area contributed by atoms with Crippen molar-refractivity contribution in [3.63, 3.8) is 0 Å². The molecule has 0 saturated carbocycles. The summed E-state index contributed by atoms with van der Waals surface area (Å²) in [5.41, 5.74) is 2.52. The van der Waals surface area contributed by atoms with Gasteiger partial charge in [0.15, 0.2) is 0 Å². The molecular formula is C18H24N4. The highest BCUT2D eigenvalue weighted by atomic mass is 15.2. The molecule has 1 N–H and O–H groups in total. The van der Waals surface area contributed by atoms with Crippen molar-refractivity contribution in [3.8, 4) is 0 Å². The van der Waals surface area contributed by atoms with Gasteiger partial charge in [-0.2, -0.15) is 4.98 Å². The fourth-order valence-electron chi connectivity index (χ4n) is 2.74. The van der Waals surface area contributed by atoms with E-state index in [-0.39, 0.29) is 0 Å². The van der Waals surface area contributed by atoms with Crippen LogP contribution in [0.3, 0.4) is 0 Å². The fourth-order valence-corrected chi connectivity index (χ4v) is 2.74. The Labute approximate surface area is 132 Å². The largest absolute Gasteiger partial charge is 0.356 e. The van der Waals surface area contributed by atoms with Gasteiger partial charge in [0.2, 0.25) is 5.95 Å². The van der Waals surface area contributed by atoms with Gasteiger partial charge in [-0.3, -0.25) is 0 Å². The minimum atomic E-state index is 0.705. The van der Waals surface area contributed by atoms with E-state index in [0.29, 0.717) is 5.95 Å². The van der Waals surface area contributed by atoms with Crippen LogP contribution >= 0.6 is 0 Å². The van der Waals surface area contributed by atoms with E-state index in [1.807, 2.05) is 12.3 Å². The number of nitrogens with one attached hydrogen (secondary N) is 1. The van der Waals surface area contributed by atoms with Crippen molar-refractivity contribution in [2.45, 2.75) is 33.2 Å².